The zero-order valence-corrected chi connectivity index (χ0v) is 21.7. The lowest BCUT2D eigenvalue weighted by Gasteiger charge is -2.48. The number of aryl methyl sites for hydroxylation is 1. The number of carboxylic acid groups (broad SMARTS) is 1. The Bertz CT molecular complexity index is 794. The Labute approximate surface area is 206 Å². The summed E-state index contributed by atoms with van der Waals surface area (Å²) < 4.78 is 5.83. The third kappa shape index (κ3) is 8.94. The van der Waals surface area contributed by atoms with E-state index in [-0.39, 0.29) is 11.5 Å². The van der Waals surface area contributed by atoms with Gasteiger partial charge in [-0.2, -0.15) is 0 Å². The van der Waals surface area contributed by atoms with Crippen LogP contribution in [0.2, 0.25) is 0 Å². The average Bonchev–Trinajstić information content (AvgIpc) is 2.74. The van der Waals surface area contributed by atoms with Crippen LogP contribution in [-0.2, 0) is 11.2 Å². The lowest BCUT2D eigenvalue weighted by Crippen LogP contribution is -2.56. The van der Waals surface area contributed by atoms with Gasteiger partial charge in [0.15, 0.2) is 0 Å². The minimum Gasteiger partial charge on any atom is -0.465 e. The fraction of sp³-hybridized carbons (Fsp3) is 0.714. The monoisotopic (exact) mass is 474 g/mol. The number of carbonyl (C=O) groups is 2. The number of ether oxygens (including phenoxy) is 1. The van der Waals surface area contributed by atoms with Crippen molar-refractivity contribution in [2.24, 2.45) is 16.6 Å². The number of benzene rings is 1. The van der Waals surface area contributed by atoms with Crippen molar-refractivity contribution in [2.45, 2.75) is 117 Å². The summed E-state index contributed by atoms with van der Waals surface area (Å²) in [6.45, 7) is 8.40. The quantitative estimate of drug-likeness (QED) is 0.173. The van der Waals surface area contributed by atoms with Gasteiger partial charge in [0.25, 0.3) is 0 Å². The van der Waals surface area contributed by atoms with E-state index in [0.717, 1.165) is 31.2 Å². The van der Waals surface area contributed by atoms with Crippen molar-refractivity contribution in [1.82, 2.24) is 5.32 Å². The van der Waals surface area contributed by atoms with E-state index in [1.807, 2.05) is 31.2 Å². The molecule has 3 atom stereocenters. The number of nitrogens with two attached hydrogens (primary N) is 1. The second-order valence-electron chi connectivity index (χ2n) is 11.3. The molecule has 1 amide bonds. The molecular formula is C28H46N2O4. The predicted molar refractivity (Wildman–Crippen MR) is 137 cm³/mol. The molecule has 1 aromatic rings. The highest BCUT2D eigenvalue weighted by molar-refractivity contribution is 5.79. The maximum Gasteiger partial charge on any atom is 0.404 e. The fourth-order valence-electron chi connectivity index (χ4n) is 5.77. The molecule has 0 radical (unpaired) electrons. The summed E-state index contributed by atoms with van der Waals surface area (Å²) in [6, 6.07) is 6.65. The summed E-state index contributed by atoms with van der Waals surface area (Å²) in [5.41, 5.74) is 6.82. The van der Waals surface area contributed by atoms with Gasteiger partial charge in [0.2, 0.25) is 0 Å². The lowest BCUT2D eigenvalue weighted by molar-refractivity contribution is -0.140. The Hall–Kier alpha value is -2.08. The molecule has 0 spiro atoms. The SMILES string of the molecule is CCCCCCCCCCc1ccccc1OC(=O)C(N)C1(C)CC(NC(=O)O)CC(C)(C)C1. The molecule has 1 saturated carbocycles. The first kappa shape index (κ1) is 28.2. The number of hydrogen-bond donors (Lipinski definition) is 3. The molecule has 0 aromatic heterocycles. The van der Waals surface area contributed by atoms with Crippen LogP contribution >= 0.6 is 0 Å². The van der Waals surface area contributed by atoms with Crippen LogP contribution in [0.15, 0.2) is 24.3 Å². The third-order valence-corrected chi connectivity index (χ3v) is 7.21. The fourth-order valence-corrected chi connectivity index (χ4v) is 5.77. The molecule has 34 heavy (non-hydrogen) atoms. The molecule has 1 fully saturated rings. The first-order valence-corrected chi connectivity index (χ1v) is 13.1. The van der Waals surface area contributed by atoms with E-state index >= 15 is 0 Å². The van der Waals surface area contributed by atoms with Gasteiger partial charge in [0.1, 0.15) is 11.8 Å². The molecule has 6 nitrogen and oxygen atoms in total. The van der Waals surface area contributed by atoms with Gasteiger partial charge in [-0.25, -0.2) is 9.59 Å². The van der Waals surface area contributed by atoms with Gasteiger partial charge in [-0.3, -0.25) is 0 Å². The molecule has 192 valence electrons. The summed E-state index contributed by atoms with van der Waals surface area (Å²) in [5.74, 6) is 0.141. The average molecular weight is 475 g/mol. The first-order chi connectivity index (χ1) is 16.1. The van der Waals surface area contributed by atoms with Crippen LogP contribution in [-0.4, -0.2) is 29.3 Å². The van der Waals surface area contributed by atoms with Crippen LogP contribution in [0.4, 0.5) is 4.79 Å². The van der Waals surface area contributed by atoms with E-state index < -0.39 is 23.5 Å². The molecule has 2 rings (SSSR count). The van der Waals surface area contributed by atoms with E-state index in [4.69, 9.17) is 10.5 Å². The number of hydrogen-bond acceptors (Lipinski definition) is 4. The van der Waals surface area contributed by atoms with Crippen molar-refractivity contribution in [3.63, 3.8) is 0 Å². The minimum absolute atomic E-state index is 0.132. The minimum atomic E-state index is -1.05. The summed E-state index contributed by atoms with van der Waals surface area (Å²) in [7, 11) is 0. The molecular weight excluding hydrogens is 428 g/mol. The molecule has 6 heteroatoms. The predicted octanol–water partition coefficient (Wildman–Crippen LogP) is 6.46. The summed E-state index contributed by atoms with van der Waals surface area (Å²) in [6.07, 6.45) is 11.8. The standard InChI is InChI=1S/C28H46N2O4/c1-5-6-7-8-9-10-11-12-15-21-16-13-14-17-23(21)34-25(31)24(29)28(4)19-22(30-26(32)33)18-27(2,3)20-28/h13-14,16-17,22,24,30H,5-12,15,18-20,29H2,1-4H3,(H,32,33). The number of carbonyl (C=O) groups excluding carboxylic acids is 1. The molecule has 0 saturated heterocycles. The summed E-state index contributed by atoms with van der Waals surface area (Å²) in [4.78, 5) is 24.4. The highest BCUT2D eigenvalue weighted by atomic mass is 16.5. The highest BCUT2D eigenvalue weighted by Gasteiger charge is 2.47. The van der Waals surface area contributed by atoms with Gasteiger partial charge in [-0.05, 0) is 54.6 Å². The maximum absolute atomic E-state index is 13.1. The number of unbranched alkanes of at least 4 members (excludes halogenated alkanes) is 7. The van der Waals surface area contributed by atoms with E-state index in [1.54, 1.807) is 0 Å². The second-order valence-corrected chi connectivity index (χ2v) is 11.3. The van der Waals surface area contributed by atoms with E-state index in [2.05, 4.69) is 26.1 Å². The Morgan fingerprint density at radius 2 is 1.68 bits per heavy atom. The largest absolute Gasteiger partial charge is 0.465 e. The second kappa shape index (κ2) is 13.1. The topological polar surface area (TPSA) is 102 Å². The van der Waals surface area contributed by atoms with Crippen LogP contribution in [0.3, 0.4) is 0 Å². The normalized spacial score (nSPS) is 22.7. The van der Waals surface area contributed by atoms with Crippen molar-refractivity contribution < 1.29 is 19.4 Å². The van der Waals surface area contributed by atoms with Crippen LogP contribution in [0.25, 0.3) is 0 Å². The molecule has 1 aromatic carbocycles. The molecule has 0 bridgehead atoms. The van der Waals surface area contributed by atoms with Gasteiger partial charge >= 0.3 is 12.1 Å². The Morgan fingerprint density at radius 1 is 1.06 bits per heavy atom. The van der Waals surface area contributed by atoms with Crippen LogP contribution < -0.4 is 15.8 Å². The van der Waals surface area contributed by atoms with Crippen LogP contribution in [0.1, 0.15) is 104 Å². The number of para-hydroxylation sites is 1. The van der Waals surface area contributed by atoms with Crippen molar-refractivity contribution in [1.29, 1.82) is 0 Å². The Kier molecular flexibility index (Phi) is 10.9. The molecule has 1 aliphatic carbocycles. The zero-order valence-electron chi connectivity index (χ0n) is 21.7. The summed E-state index contributed by atoms with van der Waals surface area (Å²) >= 11 is 0. The first-order valence-electron chi connectivity index (χ1n) is 13.1. The van der Waals surface area contributed by atoms with Crippen molar-refractivity contribution in [3.8, 4) is 5.75 Å². The lowest BCUT2D eigenvalue weighted by atomic mass is 9.60. The van der Waals surface area contributed by atoms with Crippen molar-refractivity contribution in [3.05, 3.63) is 29.8 Å². The molecule has 0 aliphatic heterocycles. The molecule has 1 aliphatic rings. The summed E-state index contributed by atoms with van der Waals surface area (Å²) in [5, 5.41) is 11.8. The number of rotatable bonds is 13. The number of esters is 1. The van der Waals surface area contributed by atoms with Crippen molar-refractivity contribution >= 4 is 12.1 Å². The van der Waals surface area contributed by atoms with Gasteiger partial charge in [0, 0.05) is 6.04 Å². The van der Waals surface area contributed by atoms with Crippen molar-refractivity contribution in [2.75, 3.05) is 0 Å². The molecule has 0 heterocycles. The number of nitrogens with one attached hydrogen (secondary N) is 1. The zero-order chi connectivity index (χ0) is 25.2. The highest BCUT2D eigenvalue weighted by Crippen LogP contribution is 2.47. The van der Waals surface area contributed by atoms with Gasteiger partial charge in [-0.1, -0.05) is 90.8 Å². The Balaban J connectivity index is 1.95. The van der Waals surface area contributed by atoms with Gasteiger partial charge in [0.05, 0.1) is 0 Å². The Morgan fingerprint density at radius 3 is 2.32 bits per heavy atom. The molecule has 3 unspecified atom stereocenters. The number of amides is 1. The van der Waals surface area contributed by atoms with Crippen LogP contribution in [0.5, 0.6) is 5.75 Å². The van der Waals surface area contributed by atoms with E-state index in [9.17, 15) is 14.7 Å². The van der Waals surface area contributed by atoms with E-state index in [0.29, 0.717) is 12.2 Å². The molecule has 4 N–H and O–H groups in total. The maximum atomic E-state index is 13.1. The van der Waals surface area contributed by atoms with E-state index in [1.165, 1.54) is 44.9 Å². The van der Waals surface area contributed by atoms with Gasteiger partial charge < -0.3 is 20.9 Å². The van der Waals surface area contributed by atoms with Gasteiger partial charge in [-0.15, -0.1) is 0 Å². The third-order valence-electron chi connectivity index (χ3n) is 7.21. The smallest absolute Gasteiger partial charge is 0.404 e. The van der Waals surface area contributed by atoms with Crippen LogP contribution in [0, 0.1) is 10.8 Å².